The summed E-state index contributed by atoms with van der Waals surface area (Å²) >= 11 is 0. The minimum Gasteiger partial charge on any atom is -0.489 e. The fraction of sp³-hybridized carbons (Fsp3) is 0.667. The Morgan fingerprint density at radius 1 is 1.42 bits per heavy atom. The van der Waals surface area contributed by atoms with Crippen molar-refractivity contribution in [3.63, 3.8) is 0 Å². The van der Waals surface area contributed by atoms with E-state index < -0.39 is 0 Å². The Balaban J connectivity index is 1.94. The lowest BCUT2D eigenvalue weighted by atomic mass is 9.93. The Morgan fingerprint density at radius 2 is 2.26 bits per heavy atom. The first-order valence-corrected chi connectivity index (χ1v) is 7.19. The van der Waals surface area contributed by atoms with Crippen LogP contribution in [0.1, 0.15) is 33.6 Å². The zero-order valence-electron chi connectivity index (χ0n) is 12.1. The molecule has 4 heteroatoms. The second-order valence-electron chi connectivity index (χ2n) is 5.32. The molecule has 0 aliphatic carbocycles. The molecule has 2 rings (SSSR count). The van der Waals surface area contributed by atoms with Crippen molar-refractivity contribution in [1.82, 2.24) is 10.3 Å². The summed E-state index contributed by atoms with van der Waals surface area (Å²) in [4.78, 5) is 4.33. The van der Waals surface area contributed by atoms with Crippen LogP contribution in [-0.4, -0.2) is 30.3 Å². The number of aromatic nitrogens is 1. The molecular formula is C15H24N2O2. The van der Waals surface area contributed by atoms with E-state index in [4.69, 9.17) is 9.47 Å². The van der Waals surface area contributed by atoms with Gasteiger partial charge in [-0.25, -0.2) is 4.98 Å². The Hall–Kier alpha value is -1.29. The zero-order valence-corrected chi connectivity index (χ0v) is 12.1. The van der Waals surface area contributed by atoms with Gasteiger partial charge in [0, 0.05) is 18.5 Å². The van der Waals surface area contributed by atoms with Gasteiger partial charge >= 0.3 is 0 Å². The Morgan fingerprint density at radius 3 is 2.89 bits per heavy atom. The first kappa shape index (κ1) is 14.1. The molecule has 19 heavy (non-hydrogen) atoms. The molecular weight excluding hydrogens is 240 g/mol. The molecule has 2 heterocycles. The third-order valence-electron chi connectivity index (χ3n) is 3.42. The van der Waals surface area contributed by atoms with Gasteiger partial charge in [-0.1, -0.05) is 6.92 Å². The maximum atomic E-state index is 6.01. The van der Waals surface area contributed by atoms with Crippen LogP contribution in [0.4, 0.5) is 0 Å². The standard InChI is InChI=1S/C15H24N2O2/c1-4-12-9-16-8-7-14(12)19-15-6-5-13(10-17-15)18-11(2)3/h5-6,10-12,14,16H,4,7-9H2,1-3H3/t12-,14-/m1/s1. The molecule has 106 valence electrons. The minimum atomic E-state index is 0.169. The molecule has 2 atom stereocenters. The first-order valence-electron chi connectivity index (χ1n) is 7.19. The molecule has 1 aliphatic heterocycles. The molecule has 0 radical (unpaired) electrons. The van der Waals surface area contributed by atoms with E-state index in [1.807, 2.05) is 26.0 Å². The summed E-state index contributed by atoms with van der Waals surface area (Å²) in [6, 6.07) is 3.82. The minimum absolute atomic E-state index is 0.169. The van der Waals surface area contributed by atoms with E-state index in [1.54, 1.807) is 6.20 Å². The average molecular weight is 264 g/mol. The summed E-state index contributed by atoms with van der Waals surface area (Å²) in [6.07, 6.45) is 4.35. The maximum absolute atomic E-state index is 6.01. The van der Waals surface area contributed by atoms with Gasteiger partial charge < -0.3 is 14.8 Å². The largest absolute Gasteiger partial charge is 0.489 e. The quantitative estimate of drug-likeness (QED) is 0.888. The summed E-state index contributed by atoms with van der Waals surface area (Å²) in [5.41, 5.74) is 0. The van der Waals surface area contributed by atoms with Crippen molar-refractivity contribution in [1.29, 1.82) is 0 Å². The predicted molar refractivity (Wildman–Crippen MR) is 75.7 cm³/mol. The van der Waals surface area contributed by atoms with E-state index in [9.17, 15) is 0 Å². The number of hydrogen-bond donors (Lipinski definition) is 1. The van der Waals surface area contributed by atoms with Gasteiger partial charge in [0.25, 0.3) is 0 Å². The molecule has 1 aromatic rings. The summed E-state index contributed by atoms with van der Waals surface area (Å²) in [6.45, 7) is 8.28. The second kappa shape index (κ2) is 6.75. The van der Waals surface area contributed by atoms with Crippen molar-refractivity contribution >= 4 is 0 Å². The van der Waals surface area contributed by atoms with Gasteiger partial charge in [-0.15, -0.1) is 0 Å². The summed E-state index contributed by atoms with van der Waals surface area (Å²) in [5, 5.41) is 3.41. The van der Waals surface area contributed by atoms with Gasteiger partial charge in [0.05, 0.1) is 12.3 Å². The number of rotatable bonds is 5. The van der Waals surface area contributed by atoms with Gasteiger partial charge in [-0.3, -0.25) is 0 Å². The average Bonchev–Trinajstić information content (AvgIpc) is 2.41. The summed E-state index contributed by atoms with van der Waals surface area (Å²) < 4.78 is 11.6. The van der Waals surface area contributed by atoms with Gasteiger partial charge in [-0.2, -0.15) is 0 Å². The smallest absolute Gasteiger partial charge is 0.213 e. The van der Waals surface area contributed by atoms with Gasteiger partial charge in [0.15, 0.2) is 0 Å². The van der Waals surface area contributed by atoms with Crippen molar-refractivity contribution in [2.24, 2.45) is 5.92 Å². The lowest BCUT2D eigenvalue weighted by Crippen LogP contribution is -2.42. The second-order valence-corrected chi connectivity index (χ2v) is 5.32. The number of nitrogens with one attached hydrogen (secondary N) is 1. The van der Waals surface area contributed by atoms with E-state index in [-0.39, 0.29) is 12.2 Å². The fourth-order valence-corrected chi connectivity index (χ4v) is 2.39. The van der Waals surface area contributed by atoms with E-state index in [1.165, 1.54) is 0 Å². The van der Waals surface area contributed by atoms with E-state index in [0.29, 0.717) is 11.8 Å². The Bertz CT molecular complexity index is 378. The summed E-state index contributed by atoms with van der Waals surface area (Å²) in [5.74, 6) is 2.06. The van der Waals surface area contributed by atoms with Crippen LogP contribution in [0.3, 0.4) is 0 Å². The zero-order chi connectivity index (χ0) is 13.7. The molecule has 0 unspecified atom stereocenters. The van der Waals surface area contributed by atoms with Crippen LogP contribution >= 0.6 is 0 Å². The van der Waals surface area contributed by atoms with Crippen molar-refractivity contribution in [3.05, 3.63) is 18.3 Å². The van der Waals surface area contributed by atoms with Crippen LogP contribution in [0.25, 0.3) is 0 Å². The van der Waals surface area contributed by atoms with Gasteiger partial charge in [0.1, 0.15) is 11.9 Å². The van der Waals surface area contributed by atoms with Crippen LogP contribution in [0.5, 0.6) is 11.6 Å². The van der Waals surface area contributed by atoms with Crippen LogP contribution in [0.2, 0.25) is 0 Å². The van der Waals surface area contributed by atoms with Crippen molar-refractivity contribution in [2.75, 3.05) is 13.1 Å². The highest BCUT2D eigenvalue weighted by Crippen LogP contribution is 2.22. The first-order chi connectivity index (χ1) is 9.19. The fourth-order valence-electron chi connectivity index (χ4n) is 2.39. The third kappa shape index (κ3) is 4.10. The highest BCUT2D eigenvalue weighted by Gasteiger charge is 2.25. The molecule has 0 aromatic carbocycles. The van der Waals surface area contributed by atoms with E-state index in [2.05, 4.69) is 17.2 Å². The van der Waals surface area contributed by atoms with Crippen molar-refractivity contribution < 1.29 is 9.47 Å². The number of piperidine rings is 1. The van der Waals surface area contributed by atoms with E-state index in [0.717, 1.165) is 31.7 Å². The summed E-state index contributed by atoms with van der Waals surface area (Å²) in [7, 11) is 0. The highest BCUT2D eigenvalue weighted by atomic mass is 16.5. The molecule has 1 fully saturated rings. The van der Waals surface area contributed by atoms with Crippen molar-refractivity contribution in [3.8, 4) is 11.6 Å². The molecule has 0 amide bonds. The Kier molecular flexibility index (Phi) is 5.02. The molecule has 0 bridgehead atoms. The maximum Gasteiger partial charge on any atom is 0.213 e. The topological polar surface area (TPSA) is 43.4 Å². The molecule has 1 N–H and O–H groups in total. The molecule has 4 nitrogen and oxygen atoms in total. The number of nitrogens with zero attached hydrogens (tertiary/aromatic N) is 1. The van der Waals surface area contributed by atoms with Gasteiger partial charge in [0.2, 0.25) is 5.88 Å². The molecule has 1 saturated heterocycles. The monoisotopic (exact) mass is 264 g/mol. The SMILES string of the molecule is CC[C@@H]1CNCC[C@H]1Oc1ccc(OC(C)C)cn1. The van der Waals surface area contributed by atoms with Crippen LogP contribution < -0.4 is 14.8 Å². The third-order valence-corrected chi connectivity index (χ3v) is 3.42. The number of ether oxygens (including phenoxy) is 2. The normalized spacial score (nSPS) is 23.4. The van der Waals surface area contributed by atoms with E-state index >= 15 is 0 Å². The van der Waals surface area contributed by atoms with Crippen LogP contribution in [-0.2, 0) is 0 Å². The van der Waals surface area contributed by atoms with Crippen LogP contribution in [0.15, 0.2) is 18.3 Å². The highest BCUT2D eigenvalue weighted by molar-refractivity contribution is 5.23. The number of pyridine rings is 1. The molecule has 1 aromatic heterocycles. The number of hydrogen-bond acceptors (Lipinski definition) is 4. The molecule has 0 spiro atoms. The van der Waals surface area contributed by atoms with Crippen LogP contribution in [0, 0.1) is 5.92 Å². The lowest BCUT2D eigenvalue weighted by molar-refractivity contribution is 0.0949. The van der Waals surface area contributed by atoms with Crippen molar-refractivity contribution in [2.45, 2.75) is 45.8 Å². The molecule has 0 saturated carbocycles. The molecule has 1 aliphatic rings. The predicted octanol–water partition coefficient (Wildman–Crippen LogP) is 2.64. The lowest BCUT2D eigenvalue weighted by Gasteiger charge is -2.31. The van der Waals surface area contributed by atoms with Gasteiger partial charge in [-0.05, 0) is 39.3 Å². The Labute approximate surface area is 115 Å².